The highest BCUT2D eigenvalue weighted by Crippen LogP contribution is 2.31. The van der Waals surface area contributed by atoms with Gasteiger partial charge in [0, 0.05) is 11.9 Å². The van der Waals surface area contributed by atoms with Crippen LogP contribution in [0, 0.1) is 0 Å². The van der Waals surface area contributed by atoms with Crippen molar-refractivity contribution in [2.24, 2.45) is 5.84 Å². The summed E-state index contributed by atoms with van der Waals surface area (Å²) >= 11 is 1.57. The standard InChI is InChI=1S/C11H19N5O2S/c1-3-5-18-10-13-9(16-12)14-11(15-10)19-8-4-6-17-7(8)2/h7-8H,3-6,12H2,1-2H3,(H,13,14,15,16). The number of nitrogens with two attached hydrogens (primary N) is 1. The first kappa shape index (κ1) is 14.3. The molecule has 2 unspecified atom stereocenters. The summed E-state index contributed by atoms with van der Waals surface area (Å²) in [6.07, 6.45) is 2.09. The Morgan fingerprint density at radius 1 is 1.47 bits per heavy atom. The molecule has 1 aromatic heterocycles. The molecule has 0 spiro atoms. The molecule has 0 aliphatic carbocycles. The predicted molar refractivity (Wildman–Crippen MR) is 73.1 cm³/mol. The molecule has 1 saturated heterocycles. The van der Waals surface area contributed by atoms with Crippen molar-refractivity contribution in [1.29, 1.82) is 0 Å². The van der Waals surface area contributed by atoms with Crippen molar-refractivity contribution in [3.8, 4) is 6.01 Å². The Balaban J connectivity index is 2.09. The van der Waals surface area contributed by atoms with Gasteiger partial charge in [-0.05, 0) is 19.8 Å². The Hall–Kier alpha value is -1.12. The maximum atomic E-state index is 5.53. The van der Waals surface area contributed by atoms with E-state index in [-0.39, 0.29) is 6.10 Å². The van der Waals surface area contributed by atoms with Crippen molar-refractivity contribution in [3.63, 3.8) is 0 Å². The molecule has 0 saturated carbocycles. The molecule has 0 bridgehead atoms. The fraction of sp³-hybridized carbons (Fsp3) is 0.727. The Morgan fingerprint density at radius 3 is 2.95 bits per heavy atom. The molecule has 3 N–H and O–H groups in total. The van der Waals surface area contributed by atoms with Gasteiger partial charge in [-0.3, -0.25) is 5.43 Å². The van der Waals surface area contributed by atoms with Gasteiger partial charge in [0.15, 0.2) is 5.16 Å². The minimum atomic E-state index is 0.205. The monoisotopic (exact) mass is 285 g/mol. The van der Waals surface area contributed by atoms with Crippen LogP contribution in [0.15, 0.2) is 5.16 Å². The lowest BCUT2D eigenvalue weighted by Crippen LogP contribution is -2.16. The van der Waals surface area contributed by atoms with E-state index < -0.39 is 0 Å². The van der Waals surface area contributed by atoms with Crippen LogP contribution in [0.3, 0.4) is 0 Å². The van der Waals surface area contributed by atoms with Crippen LogP contribution in [0.5, 0.6) is 6.01 Å². The molecular formula is C11H19N5O2S. The zero-order valence-corrected chi connectivity index (χ0v) is 11.9. The van der Waals surface area contributed by atoms with Gasteiger partial charge in [-0.2, -0.15) is 15.0 Å². The Labute approximate surface area is 116 Å². The second-order valence-corrected chi connectivity index (χ2v) is 5.44. The lowest BCUT2D eigenvalue weighted by molar-refractivity contribution is 0.127. The van der Waals surface area contributed by atoms with E-state index in [1.165, 1.54) is 0 Å². The van der Waals surface area contributed by atoms with E-state index in [1.54, 1.807) is 11.8 Å². The fourth-order valence-electron chi connectivity index (χ4n) is 1.72. The molecule has 2 heterocycles. The van der Waals surface area contributed by atoms with E-state index in [9.17, 15) is 0 Å². The van der Waals surface area contributed by atoms with Crippen LogP contribution >= 0.6 is 11.8 Å². The number of hydrazine groups is 1. The van der Waals surface area contributed by atoms with E-state index in [4.69, 9.17) is 15.3 Å². The minimum absolute atomic E-state index is 0.205. The molecule has 1 aromatic rings. The third kappa shape index (κ3) is 3.92. The van der Waals surface area contributed by atoms with Crippen molar-refractivity contribution in [1.82, 2.24) is 15.0 Å². The molecule has 7 nitrogen and oxygen atoms in total. The molecule has 106 valence electrons. The van der Waals surface area contributed by atoms with E-state index in [2.05, 4.69) is 27.3 Å². The van der Waals surface area contributed by atoms with Gasteiger partial charge in [-0.1, -0.05) is 18.7 Å². The number of aromatic nitrogens is 3. The number of hydrogen-bond acceptors (Lipinski definition) is 8. The molecule has 1 aliphatic rings. The van der Waals surface area contributed by atoms with E-state index in [0.717, 1.165) is 19.4 Å². The SMILES string of the molecule is CCCOc1nc(NN)nc(SC2CCOC2C)n1. The lowest BCUT2D eigenvalue weighted by atomic mass is 10.3. The van der Waals surface area contributed by atoms with Crippen LogP contribution in [0.25, 0.3) is 0 Å². The largest absolute Gasteiger partial charge is 0.463 e. The number of ether oxygens (including phenoxy) is 2. The van der Waals surface area contributed by atoms with Crippen LogP contribution in [0.1, 0.15) is 26.7 Å². The first-order chi connectivity index (χ1) is 9.22. The summed E-state index contributed by atoms with van der Waals surface area (Å²) in [7, 11) is 0. The molecule has 1 aliphatic heterocycles. The highest BCUT2D eigenvalue weighted by atomic mass is 32.2. The molecule has 1 fully saturated rings. The van der Waals surface area contributed by atoms with E-state index >= 15 is 0 Å². The Kier molecular flexibility index (Phi) is 5.17. The summed E-state index contributed by atoms with van der Waals surface area (Å²) in [5.41, 5.74) is 2.43. The Bertz CT molecular complexity index is 420. The average Bonchev–Trinajstić information content (AvgIpc) is 2.81. The van der Waals surface area contributed by atoms with Crippen LogP contribution in [-0.4, -0.2) is 39.5 Å². The van der Waals surface area contributed by atoms with E-state index in [0.29, 0.717) is 29.0 Å². The lowest BCUT2D eigenvalue weighted by Gasteiger charge is -2.13. The quantitative estimate of drug-likeness (QED) is 0.595. The third-order valence-corrected chi connectivity index (χ3v) is 4.04. The number of anilines is 1. The van der Waals surface area contributed by atoms with Gasteiger partial charge in [0.25, 0.3) is 0 Å². The average molecular weight is 285 g/mol. The van der Waals surface area contributed by atoms with E-state index in [1.807, 2.05) is 6.92 Å². The van der Waals surface area contributed by atoms with Crippen LogP contribution in [0.2, 0.25) is 0 Å². The molecular weight excluding hydrogens is 266 g/mol. The first-order valence-corrected chi connectivity index (χ1v) is 7.24. The number of nitrogens with zero attached hydrogens (tertiary/aromatic N) is 3. The fourth-order valence-corrected chi connectivity index (χ4v) is 2.74. The highest BCUT2D eigenvalue weighted by molar-refractivity contribution is 7.99. The van der Waals surface area contributed by atoms with Gasteiger partial charge < -0.3 is 9.47 Å². The number of nitrogens with one attached hydrogen (secondary N) is 1. The first-order valence-electron chi connectivity index (χ1n) is 6.36. The predicted octanol–water partition coefficient (Wildman–Crippen LogP) is 1.22. The summed E-state index contributed by atoms with van der Waals surface area (Å²) in [4.78, 5) is 12.6. The second-order valence-electron chi connectivity index (χ2n) is 4.24. The third-order valence-electron chi connectivity index (χ3n) is 2.72. The van der Waals surface area contributed by atoms with Crippen LogP contribution < -0.4 is 16.0 Å². The molecule has 2 atom stereocenters. The zero-order valence-electron chi connectivity index (χ0n) is 11.1. The van der Waals surface area contributed by atoms with Gasteiger partial charge in [0.05, 0.1) is 12.7 Å². The minimum Gasteiger partial charge on any atom is -0.463 e. The molecule has 0 amide bonds. The number of hydrogen-bond donors (Lipinski definition) is 2. The summed E-state index contributed by atoms with van der Waals surface area (Å²) in [6.45, 7) is 5.44. The van der Waals surface area contributed by atoms with Crippen LogP contribution in [0.4, 0.5) is 5.95 Å². The highest BCUT2D eigenvalue weighted by Gasteiger charge is 2.26. The summed E-state index contributed by atoms with van der Waals surface area (Å²) in [6, 6.07) is 0.305. The maximum Gasteiger partial charge on any atom is 0.322 e. The van der Waals surface area contributed by atoms with Gasteiger partial charge in [-0.25, -0.2) is 5.84 Å². The van der Waals surface area contributed by atoms with Gasteiger partial charge >= 0.3 is 6.01 Å². The van der Waals surface area contributed by atoms with Crippen molar-refractivity contribution >= 4 is 17.7 Å². The van der Waals surface area contributed by atoms with Gasteiger partial charge in [0.1, 0.15) is 0 Å². The smallest absolute Gasteiger partial charge is 0.322 e. The number of rotatable bonds is 6. The van der Waals surface area contributed by atoms with Crippen LogP contribution in [-0.2, 0) is 4.74 Å². The van der Waals surface area contributed by atoms with Crippen molar-refractivity contribution in [3.05, 3.63) is 0 Å². The van der Waals surface area contributed by atoms with Crippen molar-refractivity contribution in [2.75, 3.05) is 18.6 Å². The molecule has 19 heavy (non-hydrogen) atoms. The molecule has 0 aromatic carbocycles. The number of thioether (sulfide) groups is 1. The zero-order chi connectivity index (χ0) is 13.7. The second kappa shape index (κ2) is 6.88. The molecule has 2 rings (SSSR count). The van der Waals surface area contributed by atoms with Gasteiger partial charge in [-0.15, -0.1) is 0 Å². The topological polar surface area (TPSA) is 95.2 Å². The normalized spacial score (nSPS) is 22.5. The van der Waals surface area contributed by atoms with Crippen molar-refractivity contribution < 1.29 is 9.47 Å². The van der Waals surface area contributed by atoms with Gasteiger partial charge in [0.2, 0.25) is 5.95 Å². The molecule has 8 heteroatoms. The number of nitrogen functional groups attached to an aromatic ring is 1. The summed E-state index contributed by atoms with van der Waals surface area (Å²) < 4.78 is 11.0. The Morgan fingerprint density at radius 2 is 2.32 bits per heavy atom. The summed E-state index contributed by atoms with van der Waals surface area (Å²) in [5.74, 6) is 5.67. The maximum absolute atomic E-state index is 5.53. The van der Waals surface area contributed by atoms with Crippen molar-refractivity contribution in [2.45, 2.75) is 43.2 Å². The molecule has 0 radical (unpaired) electrons. The summed E-state index contributed by atoms with van der Waals surface area (Å²) in [5, 5.41) is 0.962.